The van der Waals surface area contributed by atoms with Gasteiger partial charge in [-0.25, -0.2) is 13.6 Å². The lowest BCUT2D eigenvalue weighted by atomic mass is 10.1. The largest absolute Gasteiger partial charge is 0.477 e. The molecule has 172 valence electrons. The van der Waals surface area contributed by atoms with E-state index in [1.54, 1.807) is 24.6 Å². The molecule has 0 bridgehead atoms. The number of rotatable bonds is 5. The number of nitrogens with two attached hydrogens (primary N) is 1. The number of anilines is 2. The fourth-order valence-corrected chi connectivity index (χ4v) is 4.72. The summed E-state index contributed by atoms with van der Waals surface area (Å²) in [5.74, 6) is -3.61. The molecule has 0 amide bonds. The van der Waals surface area contributed by atoms with E-state index in [-0.39, 0.29) is 48.8 Å². The van der Waals surface area contributed by atoms with Crippen molar-refractivity contribution in [2.45, 2.75) is 12.1 Å². The summed E-state index contributed by atoms with van der Waals surface area (Å²) in [7, 11) is 3.24. The number of aromatic carboxylic acids is 1. The molecule has 8 nitrogen and oxygen atoms in total. The van der Waals surface area contributed by atoms with E-state index in [0.717, 1.165) is 6.20 Å². The average Bonchev–Trinajstić information content (AvgIpc) is 3.41. The number of carboxylic acid groups (broad SMARTS) is 1. The van der Waals surface area contributed by atoms with E-state index >= 15 is 8.78 Å². The Labute approximate surface area is 191 Å². The fraction of sp³-hybridized carbons (Fsp3) is 0.300. The molecule has 1 aliphatic heterocycles. The lowest BCUT2D eigenvalue weighted by molar-refractivity contribution is 0.0695. The number of thiophene rings is 1. The Morgan fingerprint density at radius 2 is 2.06 bits per heavy atom. The molecular weight excluding hydrogens is 466 g/mol. The third kappa shape index (κ3) is 3.60. The molecule has 32 heavy (non-hydrogen) atoms. The quantitative estimate of drug-likeness (QED) is 0.475. The summed E-state index contributed by atoms with van der Waals surface area (Å²) in [6.07, 6.45) is 0.732. The van der Waals surface area contributed by atoms with E-state index in [4.69, 9.17) is 10.5 Å². The Bertz CT molecular complexity index is 1220. The molecule has 0 radical (unpaired) electrons. The molecule has 0 saturated carbocycles. The molecule has 0 aliphatic carbocycles. The monoisotopic (exact) mass is 486 g/mol. The van der Waals surface area contributed by atoms with Crippen molar-refractivity contribution in [1.82, 2.24) is 9.88 Å². The van der Waals surface area contributed by atoms with E-state index in [1.807, 2.05) is 0 Å². The highest BCUT2D eigenvalue weighted by molar-refractivity contribution is 7.12. The van der Waals surface area contributed by atoms with Gasteiger partial charge < -0.3 is 30.4 Å². The zero-order valence-electron chi connectivity index (χ0n) is 17.1. The molecule has 0 unspecified atom stereocenters. The predicted molar refractivity (Wildman–Crippen MR) is 122 cm³/mol. The minimum atomic E-state index is -1.51. The zero-order chi connectivity index (χ0) is 22.4. The van der Waals surface area contributed by atoms with Crippen molar-refractivity contribution in [3.8, 4) is 5.00 Å². The summed E-state index contributed by atoms with van der Waals surface area (Å²) in [6, 6.07) is 3.15. The number of aromatic nitrogens is 1. The topological polar surface area (TPSA) is 110 Å². The minimum Gasteiger partial charge on any atom is -0.477 e. The number of carboxylic acids is 1. The summed E-state index contributed by atoms with van der Waals surface area (Å²) in [4.78, 5) is 25.9. The lowest BCUT2D eigenvalue weighted by Gasteiger charge is -2.23. The normalized spacial score (nSPS) is 18.2. The van der Waals surface area contributed by atoms with Crippen LogP contribution in [0.25, 0.3) is 15.9 Å². The van der Waals surface area contributed by atoms with Gasteiger partial charge in [0, 0.05) is 26.4 Å². The van der Waals surface area contributed by atoms with Crippen LogP contribution in [0.1, 0.15) is 10.4 Å². The molecule has 3 aromatic rings. The van der Waals surface area contributed by atoms with Gasteiger partial charge in [-0.05, 0) is 24.6 Å². The van der Waals surface area contributed by atoms with Crippen LogP contribution in [0.4, 0.5) is 20.2 Å². The van der Waals surface area contributed by atoms with E-state index < -0.39 is 39.7 Å². The van der Waals surface area contributed by atoms with Gasteiger partial charge in [0.25, 0.3) is 0 Å². The number of hydrogen-bond donors (Lipinski definition) is 3. The molecule has 4 rings (SSSR count). The van der Waals surface area contributed by atoms with Crippen LogP contribution in [0.5, 0.6) is 0 Å². The predicted octanol–water partition coefficient (Wildman–Crippen LogP) is 2.46. The molecule has 2 atom stereocenters. The van der Waals surface area contributed by atoms with Crippen LogP contribution in [-0.4, -0.2) is 55.0 Å². The molecule has 1 fully saturated rings. The van der Waals surface area contributed by atoms with E-state index in [0.29, 0.717) is 5.00 Å². The van der Waals surface area contributed by atoms with Gasteiger partial charge in [-0.3, -0.25) is 4.79 Å². The van der Waals surface area contributed by atoms with E-state index in [2.05, 4.69) is 5.32 Å². The fourth-order valence-electron chi connectivity index (χ4n) is 4.01. The number of halogens is 3. The Balaban J connectivity index is 0.00000289. The number of benzene rings is 1. The van der Waals surface area contributed by atoms with Gasteiger partial charge in [0.05, 0.1) is 33.7 Å². The van der Waals surface area contributed by atoms with Gasteiger partial charge in [0.2, 0.25) is 5.43 Å². The van der Waals surface area contributed by atoms with Gasteiger partial charge in [0.15, 0.2) is 11.6 Å². The first kappa shape index (κ1) is 23.9. The van der Waals surface area contributed by atoms with Crippen molar-refractivity contribution < 1.29 is 23.4 Å². The molecule has 12 heteroatoms. The van der Waals surface area contributed by atoms with Crippen molar-refractivity contribution in [1.29, 1.82) is 0 Å². The first-order chi connectivity index (χ1) is 14.8. The number of likely N-dealkylation sites (N-methyl/N-ethyl adjacent to an activating group) is 1. The second-order valence-electron chi connectivity index (χ2n) is 7.19. The van der Waals surface area contributed by atoms with E-state index in [9.17, 15) is 14.7 Å². The lowest BCUT2D eigenvalue weighted by Crippen LogP contribution is -2.37. The molecule has 4 N–H and O–H groups in total. The van der Waals surface area contributed by atoms with Gasteiger partial charge in [-0.15, -0.1) is 23.7 Å². The van der Waals surface area contributed by atoms with Crippen LogP contribution in [0.3, 0.4) is 0 Å². The standard InChI is InChI=1S/C20H20F2N4O4S.ClH/c1-24-10-7-25(8-11(10)30-2)18-14(21)16(23)13-17(15(18)22)26(12-4-3-5-31-12)6-9(19(13)27)20(28)29;/h3-6,10-11,24H,7-8,23H2,1-2H3,(H,28,29);1H/t10-,11+;/m0./s1. The first-order valence-corrected chi connectivity index (χ1v) is 10.3. The number of hydrogen-bond acceptors (Lipinski definition) is 7. The molecular formula is C20H21ClF2N4O4S. The number of pyridine rings is 1. The molecule has 1 aliphatic rings. The van der Waals surface area contributed by atoms with Crippen molar-refractivity contribution in [2.75, 3.05) is 37.9 Å². The highest BCUT2D eigenvalue weighted by atomic mass is 35.5. The summed E-state index contributed by atoms with van der Waals surface area (Å²) in [5, 5.41) is 14.2. The highest BCUT2D eigenvalue weighted by Crippen LogP contribution is 2.38. The Hall–Kier alpha value is -2.73. The Morgan fingerprint density at radius 3 is 2.59 bits per heavy atom. The molecule has 3 heterocycles. The van der Waals surface area contributed by atoms with Gasteiger partial charge >= 0.3 is 5.97 Å². The van der Waals surface area contributed by atoms with Gasteiger partial charge in [-0.2, -0.15) is 0 Å². The van der Waals surface area contributed by atoms with Crippen LogP contribution < -0.4 is 21.4 Å². The SMILES string of the molecule is CN[C@H]1CN(c2c(F)c(N)c3c(=O)c(C(=O)O)cn(-c4cccs4)c3c2F)C[C@H]1OC.Cl. The van der Waals surface area contributed by atoms with Crippen molar-refractivity contribution in [2.24, 2.45) is 0 Å². The summed E-state index contributed by atoms with van der Waals surface area (Å²) >= 11 is 1.21. The van der Waals surface area contributed by atoms with Crippen molar-refractivity contribution in [3.05, 3.63) is 51.1 Å². The van der Waals surface area contributed by atoms with Crippen LogP contribution in [0, 0.1) is 11.6 Å². The number of nitrogens with one attached hydrogen (secondary N) is 1. The first-order valence-electron chi connectivity index (χ1n) is 9.38. The molecule has 1 saturated heterocycles. The minimum absolute atomic E-state index is 0. The van der Waals surface area contributed by atoms with E-state index in [1.165, 1.54) is 27.9 Å². The van der Waals surface area contributed by atoms with Crippen molar-refractivity contribution in [3.63, 3.8) is 0 Å². The maximum Gasteiger partial charge on any atom is 0.341 e. The highest BCUT2D eigenvalue weighted by Gasteiger charge is 2.37. The summed E-state index contributed by atoms with van der Waals surface area (Å²) in [6.45, 7) is 0.460. The zero-order valence-corrected chi connectivity index (χ0v) is 18.7. The molecule has 0 spiro atoms. The number of ether oxygens (including phenoxy) is 1. The third-order valence-electron chi connectivity index (χ3n) is 5.57. The molecule has 2 aromatic heterocycles. The molecule has 1 aromatic carbocycles. The third-order valence-corrected chi connectivity index (χ3v) is 6.43. The van der Waals surface area contributed by atoms with Crippen LogP contribution in [0.15, 0.2) is 28.5 Å². The smallest absolute Gasteiger partial charge is 0.341 e. The average molecular weight is 487 g/mol. The second-order valence-corrected chi connectivity index (χ2v) is 8.11. The summed E-state index contributed by atoms with van der Waals surface area (Å²) < 4.78 is 37.9. The maximum atomic E-state index is 15.9. The van der Waals surface area contributed by atoms with Crippen LogP contribution in [0.2, 0.25) is 0 Å². The van der Waals surface area contributed by atoms with Gasteiger partial charge in [0.1, 0.15) is 11.3 Å². The Kier molecular flexibility index (Phi) is 6.75. The van der Waals surface area contributed by atoms with Crippen LogP contribution in [-0.2, 0) is 4.74 Å². The van der Waals surface area contributed by atoms with Crippen LogP contribution >= 0.6 is 23.7 Å². The number of nitrogen functional groups attached to an aromatic ring is 1. The van der Waals surface area contributed by atoms with Gasteiger partial charge in [-0.1, -0.05) is 0 Å². The number of fused-ring (bicyclic) bond motifs is 1. The maximum absolute atomic E-state index is 15.9. The second kappa shape index (κ2) is 9.02. The summed E-state index contributed by atoms with van der Waals surface area (Å²) in [5.41, 5.74) is 3.06. The van der Waals surface area contributed by atoms with Crippen molar-refractivity contribution >= 4 is 52.0 Å². The Morgan fingerprint density at radius 1 is 1.34 bits per heavy atom. The number of methoxy groups -OCH3 is 1. The number of carbonyl (C=O) groups is 1. The number of nitrogens with zero attached hydrogens (tertiary/aromatic N) is 2.